The van der Waals surface area contributed by atoms with Crippen molar-refractivity contribution in [2.45, 2.75) is 38.0 Å². The van der Waals surface area contributed by atoms with Crippen molar-refractivity contribution >= 4 is 25.6 Å². The quantitative estimate of drug-likeness (QED) is 0.840. The van der Waals surface area contributed by atoms with Crippen LogP contribution in [0.3, 0.4) is 0 Å². The standard InChI is InChI=1S/C14H20ClNO4S/c1-5-16-13(17)9-20-12-7-6-10(21(15,18)19)8-11(12)14(2,3)4/h6-8H,5,9H2,1-4H3,(H,16,17). The number of hydrogen-bond donors (Lipinski definition) is 1. The van der Waals surface area contributed by atoms with E-state index in [1.54, 1.807) is 0 Å². The van der Waals surface area contributed by atoms with Crippen LogP contribution in [0.15, 0.2) is 23.1 Å². The van der Waals surface area contributed by atoms with Crippen molar-refractivity contribution in [1.82, 2.24) is 5.32 Å². The Bertz CT molecular complexity index is 620. The summed E-state index contributed by atoms with van der Waals surface area (Å²) in [5.74, 6) is 0.240. The van der Waals surface area contributed by atoms with E-state index >= 15 is 0 Å². The molecule has 1 aromatic rings. The molecule has 0 spiro atoms. The zero-order valence-corrected chi connectivity index (χ0v) is 14.1. The molecule has 0 saturated carbocycles. The van der Waals surface area contributed by atoms with Gasteiger partial charge in [0.15, 0.2) is 6.61 Å². The van der Waals surface area contributed by atoms with Gasteiger partial charge >= 0.3 is 0 Å². The van der Waals surface area contributed by atoms with Gasteiger partial charge < -0.3 is 10.1 Å². The summed E-state index contributed by atoms with van der Waals surface area (Å²) in [7, 11) is 1.56. The number of nitrogens with one attached hydrogen (secondary N) is 1. The van der Waals surface area contributed by atoms with Gasteiger partial charge in [0.05, 0.1) is 4.90 Å². The first-order valence-corrected chi connectivity index (χ1v) is 8.85. The van der Waals surface area contributed by atoms with E-state index in [0.29, 0.717) is 17.9 Å². The minimum Gasteiger partial charge on any atom is -0.483 e. The summed E-state index contributed by atoms with van der Waals surface area (Å²) in [5, 5.41) is 2.63. The molecule has 1 rings (SSSR count). The summed E-state index contributed by atoms with van der Waals surface area (Å²) < 4.78 is 28.4. The second kappa shape index (κ2) is 6.66. The molecule has 118 valence electrons. The number of carbonyl (C=O) groups excluding carboxylic acids is 1. The summed E-state index contributed by atoms with van der Waals surface area (Å²) in [5.41, 5.74) is 0.322. The van der Waals surface area contributed by atoms with Gasteiger partial charge in [0, 0.05) is 22.8 Å². The Morgan fingerprint density at radius 1 is 1.33 bits per heavy atom. The Morgan fingerprint density at radius 3 is 2.43 bits per heavy atom. The lowest BCUT2D eigenvalue weighted by molar-refractivity contribution is -0.123. The highest BCUT2D eigenvalue weighted by atomic mass is 35.7. The molecule has 0 unspecified atom stereocenters. The molecule has 0 heterocycles. The fourth-order valence-corrected chi connectivity index (χ4v) is 2.54. The van der Waals surface area contributed by atoms with Crippen LogP contribution in [0.5, 0.6) is 5.75 Å². The summed E-state index contributed by atoms with van der Waals surface area (Å²) in [6.07, 6.45) is 0. The second-order valence-corrected chi connectivity index (χ2v) is 8.15. The SMILES string of the molecule is CCNC(=O)COc1ccc(S(=O)(=O)Cl)cc1C(C)(C)C. The maximum atomic E-state index is 11.5. The van der Waals surface area contributed by atoms with Crippen LogP contribution in [0.2, 0.25) is 0 Å². The molecular weight excluding hydrogens is 314 g/mol. The third kappa shape index (κ3) is 5.21. The minimum absolute atomic E-state index is 0.0134. The highest BCUT2D eigenvalue weighted by molar-refractivity contribution is 8.13. The molecule has 0 bridgehead atoms. The third-order valence-electron chi connectivity index (χ3n) is 2.77. The van der Waals surface area contributed by atoms with Crippen molar-refractivity contribution in [2.24, 2.45) is 0 Å². The van der Waals surface area contributed by atoms with Crippen molar-refractivity contribution in [3.63, 3.8) is 0 Å². The Labute approximate surface area is 130 Å². The average Bonchev–Trinajstić information content (AvgIpc) is 2.34. The fraction of sp³-hybridized carbons (Fsp3) is 0.500. The van der Waals surface area contributed by atoms with Crippen LogP contribution < -0.4 is 10.1 Å². The lowest BCUT2D eigenvalue weighted by atomic mass is 9.86. The van der Waals surface area contributed by atoms with Gasteiger partial charge in [-0.1, -0.05) is 20.8 Å². The lowest BCUT2D eigenvalue weighted by Gasteiger charge is -2.23. The van der Waals surface area contributed by atoms with E-state index in [9.17, 15) is 13.2 Å². The Kier molecular flexibility index (Phi) is 5.64. The van der Waals surface area contributed by atoms with Crippen molar-refractivity contribution < 1.29 is 17.9 Å². The molecule has 0 aromatic heterocycles. The van der Waals surface area contributed by atoms with E-state index in [4.69, 9.17) is 15.4 Å². The number of rotatable bonds is 5. The van der Waals surface area contributed by atoms with Gasteiger partial charge in [-0.2, -0.15) is 0 Å². The lowest BCUT2D eigenvalue weighted by Crippen LogP contribution is -2.29. The molecular formula is C14H20ClNO4S. The molecule has 0 radical (unpaired) electrons. The highest BCUT2D eigenvalue weighted by Gasteiger charge is 2.22. The van der Waals surface area contributed by atoms with Crippen molar-refractivity contribution in [3.05, 3.63) is 23.8 Å². The topological polar surface area (TPSA) is 72.5 Å². The van der Waals surface area contributed by atoms with E-state index in [-0.39, 0.29) is 22.8 Å². The molecule has 0 fully saturated rings. The largest absolute Gasteiger partial charge is 0.483 e. The molecule has 0 atom stereocenters. The fourth-order valence-electron chi connectivity index (χ4n) is 1.76. The first-order valence-electron chi connectivity index (χ1n) is 6.54. The van der Waals surface area contributed by atoms with Crippen LogP contribution in [0, 0.1) is 0 Å². The number of benzene rings is 1. The second-order valence-electron chi connectivity index (χ2n) is 5.59. The summed E-state index contributed by atoms with van der Waals surface area (Å²) in [6.45, 7) is 7.99. The van der Waals surface area contributed by atoms with Gasteiger partial charge in [0.1, 0.15) is 5.75 Å². The van der Waals surface area contributed by atoms with Crippen LogP contribution in [0.25, 0.3) is 0 Å². The molecule has 5 nitrogen and oxygen atoms in total. The van der Waals surface area contributed by atoms with Crippen LogP contribution in [-0.2, 0) is 19.3 Å². The molecule has 1 N–H and O–H groups in total. The number of carbonyl (C=O) groups is 1. The molecule has 0 saturated heterocycles. The van der Waals surface area contributed by atoms with Gasteiger partial charge in [0.25, 0.3) is 15.0 Å². The smallest absolute Gasteiger partial charge is 0.261 e. The Balaban J connectivity index is 3.12. The summed E-state index contributed by atoms with van der Waals surface area (Å²) >= 11 is 0. The Hall–Kier alpha value is -1.27. The Morgan fingerprint density at radius 2 is 1.95 bits per heavy atom. The van der Waals surface area contributed by atoms with Crippen LogP contribution in [0.1, 0.15) is 33.3 Å². The summed E-state index contributed by atoms with van der Waals surface area (Å²) in [4.78, 5) is 11.5. The number of likely N-dealkylation sites (N-methyl/N-ethyl adjacent to an activating group) is 1. The molecule has 0 aliphatic heterocycles. The van der Waals surface area contributed by atoms with Gasteiger partial charge in [0.2, 0.25) is 0 Å². The van der Waals surface area contributed by atoms with Crippen LogP contribution in [-0.4, -0.2) is 27.5 Å². The highest BCUT2D eigenvalue weighted by Crippen LogP contribution is 2.34. The maximum Gasteiger partial charge on any atom is 0.261 e. The molecule has 21 heavy (non-hydrogen) atoms. The normalized spacial score (nSPS) is 12.0. The molecule has 7 heteroatoms. The predicted octanol–water partition coefficient (Wildman–Crippen LogP) is 2.43. The average molecular weight is 334 g/mol. The van der Waals surface area contributed by atoms with E-state index in [2.05, 4.69) is 5.32 Å². The molecule has 0 aliphatic carbocycles. The number of amides is 1. The van der Waals surface area contributed by atoms with Crippen molar-refractivity contribution in [1.29, 1.82) is 0 Å². The number of halogens is 1. The summed E-state index contributed by atoms with van der Waals surface area (Å²) in [6, 6.07) is 4.37. The van der Waals surface area contributed by atoms with Gasteiger partial charge in [-0.15, -0.1) is 0 Å². The van der Waals surface area contributed by atoms with Crippen molar-refractivity contribution in [2.75, 3.05) is 13.2 Å². The zero-order valence-electron chi connectivity index (χ0n) is 12.6. The number of ether oxygens (including phenoxy) is 1. The van der Waals surface area contributed by atoms with Gasteiger partial charge in [-0.3, -0.25) is 4.79 Å². The monoisotopic (exact) mass is 333 g/mol. The van der Waals surface area contributed by atoms with Crippen molar-refractivity contribution in [3.8, 4) is 5.75 Å². The minimum atomic E-state index is -3.80. The first kappa shape index (κ1) is 17.8. The molecule has 1 aromatic carbocycles. The first-order chi connectivity index (χ1) is 9.55. The maximum absolute atomic E-state index is 11.5. The van der Waals surface area contributed by atoms with Crippen LogP contribution in [0.4, 0.5) is 0 Å². The zero-order chi connectivity index (χ0) is 16.3. The molecule has 0 aliphatic rings. The predicted molar refractivity (Wildman–Crippen MR) is 82.4 cm³/mol. The van der Waals surface area contributed by atoms with Gasteiger partial charge in [-0.05, 0) is 30.5 Å². The number of hydrogen-bond acceptors (Lipinski definition) is 4. The molecule has 1 amide bonds. The van der Waals surface area contributed by atoms with E-state index in [1.807, 2.05) is 27.7 Å². The van der Waals surface area contributed by atoms with E-state index in [1.165, 1.54) is 18.2 Å². The van der Waals surface area contributed by atoms with E-state index < -0.39 is 9.05 Å². The van der Waals surface area contributed by atoms with E-state index in [0.717, 1.165) is 0 Å². The third-order valence-corrected chi connectivity index (χ3v) is 4.12. The van der Waals surface area contributed by atoms with Gasteiger partial charge in [-0.25, -0.2) is 8.42 Å². The van der Waals surface area contributed by atoms with Crippen LogP contribution >= 0.6 is 10.7 Å².